The third kappa shape index (κ3) is 2.22. The second kappa shape index (κ2) is 5.18. The van der Waals surface area contributed by atoms with E-state index in [0.717, 1.165) is 24.6 Å². The van der Waals surface area contributed by atoms with E-state index >= 15 is 0 Å². The van der Waals surface area contributed by atoms with Gasteiger partial charge in [-0.1, -0.05) is 13.8 Å². The summed E-state index contributed by atoms with van der Waals surface area (Å²) < 4.78 is 0. The third-order valence-electron chi connectivity index (χ3n) is 8.48. The number of nitrogens with one attached hydrogen (secondary N) is 2. The van der Waals surface area contributed by atoms with Crippen molar-refractivity contribution in [2.24, 2.45) is 28.6 Å². The van der Waals surface area contributed by atoms with Crippen LogP contribution in [0.15, 0.2) is 11.8 Å². The number of allylic oxidation sites excluding steroid dienone is 2. The van der Waals surface area contributed by atoms with E-state index in [9.17, 15) is 9.59 Å². The summed E-state index contributed by atoms with van der Waals surface area (Å²) in [5.74, 6) is 1.42. The van der Waals surface area contributed by atoms with Crippen LogP contribution in [0.25, 0.3) is 0 Å². The average molecular weight is 342 g/mol. The van der Waals surface area contributed by atoms with Gasteiger partial charge in [-0.25, -0.2) is 0 Å². The first-order valence-electron chi connectivity index (χ1n) is 10.2. The molecule has 4 fully saturated rings. The molecule has 6 atom stereocenters. The highest BCUT2D eigenvalue weighted by Crippen LogP contribution is 2.63. The van der Waals surface area contributed by atoms with Gasteiger partial charge in [-0.15, -0.1) is 0 Å². The lowest BCUT2D eigenvalue weighted by Gasteiger charge is -2.56. The fourth-order valence-electron chi connectivity index (χ4n) is 6.75. The van der Waals surface area contributed by atoms with E-state index in [4.69, 9.17) is 0 Å². The first kappa shape index (κ1) is 16.0. The lowest BCUT2D eigenvalue weighted by atomic mass is 9.49. The van der Waals surface area contributed by atoms with Crippen LogP contribution in [0.5, 0.6) is 0 Å². The largest absolute Gasteiger partial charge is 0.329 e. The van der Waals surface area contributed by atoms with Gasteiger partial charge < -0.3 is 10.6 Å². The molecule has 5 aliphatic rings. The zero-order chi connectivity index (χ0) is 17.4. The van der Waals surface area contributed by atoms with Crippen molar-refractivity contribution in [2.75, 3.05) is 0 Å². The maximum atomic E-state index is 13.1. The van der Waals surface area contributed by atoms with Gasteiger partial charge in [-0.3, -0.25) is 9.59 Å². The van der Waals surface area contributed by atoms with Crippen molar-refractivity contribution in [1.82, 2.24) is 10.6 Å². The highest BCUT2D eigenvalue weighted by molar-refractivity contribution is 5.96. The Morgan fingerprint density at radius 3 is 2.60 bits per heavy atom. The summed E-state index contributed by atoms with van der Waals surface area (Å²) in [7, 11) is 0. The van der Waals surface area contributed by atoms with Crippen molar-refractivity contribution in [2.45, 2.75) is 77.3 Å². The number of ketones is 1. The number of hydrogen-bond donors (Lipinski definition) is 2. The molecule has 4 aliphatic carbocycles. The van der Waals surface area contributed by atoms with Gasteiger partial charge in [-0.2, -0.15) is 0 Å². The van der Waals surface area contributed by atoms with E-state index in [2.05, 4.69) is 24.5 Å². The molecule has 1 heterocycles. The summed E-state index contributed by atoms with van der Waals surface area (Å²) >= 11 is 0. The maximum absolute atomic E-state index is 13.1. The monoisotopic (exact) mass is 342 g/mol. The van der Waals surface area contributed by atoms with Gasteiger partial charge in [0.05, 0.1) is 0 Å². The van der Waals surface area contributed by atoms with Gasteiger partial charge >= 0.3 is 0 Å². The summed E-state index contributed by atoms with van der Waals surface area (Å²) in [6.45, 7) is 4.73. The quantitative estimate of drug-likeness (QED) is 0.811. The van der Waals surface area contributed by atoms with Crippen LogP contribution >= 0.6 is 0 Å². The predicted molar refractivity (Wildman–Crippen MR) is 95.6 cm³/mol. The lowest BCUT2D eigenvalue weighted by Crippen LogP contribution is -2.57. The van der Waals surface area contributed by atoms with E-state index in [1.807, 2.05) is 0 Å². The van der Waals surface area contributed by atoms with Crippen molar-refractivity contribution < 1.29 is 9.59 Å². The fraction of sp³-hybridized carbons (Fsp3) is 0.810. The Hall–Kier alpha value is -1.16. The van der Waals surface area contributed by atoms with Gasteiger partial charge in [0, 0.05) is 41.6 Å². The van der Waals surface area contributed by atoms with Crippen LogP contribution in [-0.2, 0) is 9.59 Å². The molecule has 0 spiro atoms. The van der Waals surface area contributed by atoms with Crippen LogP contribution < -0.4 is 10.6 Å². The molecule has 5 rings (SSSR count). The molecule has 0 radical (unpaired) electrons. The molecule has 1 aliphatic heterocycles. The van der Waals surface area contributed by atoms with E-state index in [1.165, 1.54) is 32.1 Å². The highest BCUT2D eigenvalue weighted by Gasteiger charge is 2.61. The Morgan fingerprint density at radius 2 is 1.84 bits per heavy atom. The number of hydrogen-bond acceptors (Lipinski definition) is 3. The fourth-order valence-corrected chi connectivity index (χ4v) is 6.75. The number of amides is 1. The second-order valence-electron chi connectivity index (χ2n) is 9.78. The summed E-state index contributed by atoms with van der Waals surface area (Å²) in [6.07, 6.45) is 10.7. The minimum absolute atomic E-state index is 0.0180. The van der Waals surface area contributed by atoms with E-state index in [-0.39, 0.29) is 28.4 Å². The van der Waals surface area contributed by atoms with Crippen molar-refractivity contribution in [1.29, 1.82) is 0 Å². The molecule has 4 heteroatoms. The van der Waals surface area contributed by atoms with Gasteiger partial charge in [0.2, 0.25) is 5.91 Å². The van der Waals surface area contributed by atoms with Crippen molar-refractivity contribution in [3.05, 3.63) is 11.8 Å². The van der Waals surface area contributed by atoms with Crippen molar-refractivity contribution >= 4 is 11.7 Å². The Morgan fingerprint density at radius 1 is 1.04 bits per heavy atom. The molecule has 0 aromatic carbocycles. The molecular weight excluding hydrogens is 312 g/mol. The highest BCUT2D eigenvalue weighted by atomic mass is 16.2. The zero-order valence-electron chi connectivity index (χ0n) is 15.4. The van der Waals surface area contributed by atoms with Gasteiger partial charge in [0.25, 0.3) is 0 Å². The van der Waals surface area contributed by atoms with Crippen LogP contribution in [0.3, 0.4) is 0 Å². The van der Waals surface area contributed by atoms with Gasteiger partial charge in [0.15, 0.2) is 5.78 Å². The van der Waals surface area contributed by atoms with Crippen LogP contribution in [-0.4, -0.2) is 23.8 Å². The number of carbonyl (C=O) groups is 2. The average Bonchev–Trinajstić information content (AvgIpc) is 3.32. The Kier molecular flexibility index (Phi) is 3.33. The van der Waals surface area contributed by atoms with E-state index in [0.29, 0.717) is 24.3 Å². The maximum Gasteiger partial charge on any atom is 0.224 e. The predicted octanol–water partition coefficient (Wildman–Crippen LogP) is 2.93. The molecular formula is C21H30N2O2. The normalized spacial score (nSPS) is 49.0. The topological polar surface area (TPSA) is 58.2 Å². The van der Waals surface area contributed by atoms with Gasteiger partial charge in [0.1, 0.15) is 0 Å². The SMILES string of the molecule is C[C@]12CC[C@H]3[C@@H](C(=O)C=C4NC(=O)CC[C@@]43C)[C@@H]1CC[C@@H]2NC1CC1. The minimum Gasteiger partial charge on any atom is -0.329 e. The molecule has 0 aromatic heterocycles. The van der Waals surface area contributed by atoms with E-state index in [1.54, 1.807) is 6.08 Å². The third-order valence-corrected chi connectivity index (χ3v) is 8.48. The minimum atomic E-state index is -0.0180. The van der Waals surface area contributed by atoms with E-state index < -0.39 is 0 Å². The molecule has 0 bridgehead atoms. The summed E-state index contributed by atoms with van der Waals surface area (Å²) in [5.41, 5.74) is 1.15. The van der Waals surface area contributed by atoms with Gasteiger partial charge in [-0.05, 0) is 62.2 Å². The Balaban J connectivity index is 1.48. The zero-order valence-corrected chi connectivity index (χ0v) is 15.4. The molecule has 0 aromatic rings. The standard InChI is InChI=1S/C21H30N2O2/c1-20-9-7-14-19(13(20)5-6-16(20)22-12-3-4-12)15(24)11-17-21(14,2)10-8-18(25)23-17/h11-14,16,19,22H,3-10H2,1-2H3,(H,23,25)/t13-,14-,16-,19-,20-,21+/m0/s1. The molecule has 4 nitrogen and oxygen atoms in total. The second-order valence-corrected chi connectivity index (χ2v) is 9.78. The number of fused-ring (bicyclic) bond motifs is 5. The molecule has 25 heavy (non-hydrogen) atoms. The summed E-state index contributed by atoms with van der Waals surface area (Å²) in [6, 6.07) is 1.32. The molecule has 2 N–H and O–H groups in total. The summed E-state index contributed by atoms with van der Waals surface area (Å²) in [4.78, 5) is 25.0. The van der Waals surface area contributed by atoms with Crippen LogP contribution in [0, 0.1) is 28.6 Å². The summed E-state index contributed by atoms with van der Waals surface area (Å²) in [5, 5.41) is 6.91. The molecule has 1 saturated heterocycles. The number of piperidine rings is 1. The van der Waals surface area contributed by atoms with Crippen LogP contribution in [0.2, 0.25) is 0 Å². The molecule has 0 unspecified atom stereocenters. The number of rotatable bonds is 2. The molecule has 3 saturated carbocycles. The smallest absolute Gasteiger partial charge is 0.224 e. The van der Waals surface area contributed by atoms with Crippen LogP contribution in [0.4, 0.5) is 0 Å². The first-order chi connectivity index (χ1) is 11.9. The lowest BCUT2D eigenvalue weighted by molar-refractivity contribution is -0.135. The first-order valence-corrected chi connectivity index (χ1v) is 10.2. The molecule has 1 amide bonds. The number of carbonyl (C=O) groups excluding carboxylic acids is 2. The molecule has 136 valence electrons. The van der Waals surface area contributed by atoms with Crippen molar-refractivity contribution in [3.8, 4) is 0 Å². The Bertz CT molecular complexity index is 667. The van der Waals surface area contributed by atoms with Crippen molar-refractivity contribution in [3.63, 3.8) is 0 Å². The Labute approximate surface area is 150 Å². The van der Waals surface area contributed by atoms with Crippen LogP contribution in [0.1, 0.15) is 65.2 Å².